The summed E-state index contributed by atoms with van der Waals surface area (Å²) in [4.78, 5) is 28.0. The van der Waals surface area contributed by atoms with Crippen LogP contribution in [0, 0.1) is 0 Å². The molecule has 1 amide bonds. The Balaban J connectivity index is 1.96. The van der Waals surface area contributed by atoms with Crippen LogP contribution < -0.4 is 9.64 Å². The molecule has 1 aromatic carbocycles. The molecule has 0 fully saturated rings. The van der Waals surface area contributed by atoms with Crippen LogP contribution in [0.2, 0.25) is 0 Å². The summed E-state index contributed by atoms with van der Waals surface area (Å²) in [5, 5.41) is 0.861. The van der Waals surface area contributed by atoms with E-state index in [9.17, 15) is 4.79 Å². The topological polar surface area (TPSA) is 73.1 Å². The Labute approximate surface area is 153 Å². The molecule has 132 valence electrons. The average Bonchev–Trinajstić information content (AvgIpc) is 3.24. The molecule has 0 aliphatic heterocycles. The van der Waals surface area contributed by atoms with Gasteiger partial charge in [0.1, 0.15) is 32.1 Å². The van der Waals surface area contributed by atoms with E-state index < -0.39 is 0 Å². The van der Waals surface area contributed by atoms with Crippen molar-refractivity contribution in [1.29, 1.82) is 0 Å². The molecule has 0 saturated heterocycles. The summed E-state index contributed by atoms with van der Waals surface area (Å²) in [6.45, 7) is 1.51. The summed E-state index contributed by atoms with van der Waals surface area (Å²) in [6, 6.07) is 7.76. The van der Waals surface area contributed by atoms with Gasteiger partial charge in [-0.05, 0) is 24.3 Å². The number of rotatable bonds is 3. The predicted octanol–water partition coefficient (Wildman–Crippen LogP) is 3.24. The van der Waals surface area contributed by atoms with Crippen molar-refractivity contribution in [3.8, 4) is 16.3 Å². The first-order chi connectivity index (χ1) is 12.5. The number of aryl methyl sites for hydroxylation is 1. The fourth-order valence-corrected chi connectivity index (χ4v) is 3.75. The Hall–Kier alpha value is -3.00. The van der Waals surface area contributed by atoms with Crippen LogP contribution >= 0.6 is 11.3 Å². The molecule has 0 bridgehead atoms. The Kier molecular flexibility index (Phi) is 3.84. The van der Waals surface area contributed by atoms with Crippen molar-refractivity contribution in [2.75, 3.05) is 19.1 Å². The fourth-order valence-electron chi connectivity index (χ4n) is 2.80. The van der Waals surface area contributed by atoms with Crippen LogP contribution in [0.15, 0.2) is 30.6 Å². The van der Waals surface area contributed by atoms with E-state index in [-0.39, 0.29) is 5.91 Å². The average molecular weight is 367 g/mol. The van der Waals surface area contributed by atoms with Crippen molar-refractivity contribution >= 4 is 44.4 Å². The number of pyridine rings is 1. The van der Waals surface area contributed by atoms with Gasteiger partial charge in [-0.3, -0.25) is 9.69 Å². The van der Waals surface area contributed by atoms with Gasteiger partial charge >= 0.3 is 0 Å². The van der Waals surface area contributed by atoms with Gasteiger partial charge in [0.2, 0.25) is 5.91 Å². The van der Waals surface area contributed by atoms with E-state index in [1.165, 1.54) is 23.2 Å². The third kappa shape index (κ3) is 2.50. The van der Waals surface area contributed by atoms with Gasteiger partial charge in [0.15, 0.2) is 5.82 Å². The van der Waals surface area contributed by atoms with Crippen LogP contribution in [0.5, 0.6) is 5.75 Å². The number of amides is 1. The molecule has 3 heterocycles. The summed E-state index contributed by atoms with van der Waals surface area (Å²) in [5.41, 5.74) is 3.32. The third-order valence-electron chi connectivity index (χ3n) is 4.32. The molecular weight excluding hydrogens is 350 g/mol. The molecule has 0 aliphatic rings. The lowest BCUT2D eigenvalue weighted by Crippen LogP contribution is -2.24. The maximum Gasteiger partial charge on any atom is 0.224 e. The zero-order valence-electron chi connectivity index (χ0n) is 14.8. The maximum absolute atomic E-state index is 11.8. The summed E-state index contributed by atoms with van der Waals surface area (Å²) >= 11 is 1.49. The molecule has 3 aromatic heterocycles. The first-order valence-corrected chi connectivity index (χ1v) is 8.81. The lowest BCUT2D eigenvalue weighted by molar-refractivity contribution is -0.116. The first-order valence-electron chi connectivity index (χ1n) is 8.00. The molecule has 4 rings (SSSR count). The Morgan fingerprint density at radius 2 is 1.92 bits per heavy atom. The van der Waals surface area contributed by atoms with Gasteiger partial charge in [0.25, 0.3) is 0 Å². The molecule has 0 aliphatic carbocycles. The highest BCUT2D eigenvalue weighted by Gasteiger charge is 2.21. The number of hydrogen-bond acceptors (Lipinski definition) is 6. The summed E-state index contributed by atoms with van der Waals surface area (Å²) < 4.78 is 7.12. The van der Waals surface area contributed by atoms with E-state index in [0.29, 0.717) is 11.3 Å². The number of imidazole rings is 1. The normalized spacial score (nSPS) is 11.2. The number of carbonyl (C=O) groups is 1. The summed E-state index contributed by atoms with van der Waals surface area (Å²) in [7, 11) is 5.26. The second-order valence-electron chi connectivity index (χ2n) is 5.97. The molecule has 0 unspecified atom stereocenters. The number of thiazole rings is 1. The quantitative estimate of drug-likeness (QED) is 0.556. The Bertz CT molecular complexity index is 1130. The second kappa shape index (κ2) is 6.06. The smallest absolute Gasteiger partial charge is 0.224 e. The SMILES string of the molecule is COc1ccc(-c2nc3c(nc(N(C)C(C)=O)c4ncn(C)c43)s2)cc1. The predicted molar refractivity (Wildman–Crippen MR) is 103 cm³/mol. The monoisotopic (exact) mass is 367 g/mol. The van der Waals surface area contributed by atoms with Gasteiger partial charge in [-0.2, -0.15) is 0 Å². The molecule has 7 nitrogen and oxygen atoms in total. The minimum atomic E-state index is -0.0938. The number of nitrogens with zero attached hydrogens (tertiary/aromatic N) is 5. The zero-order chi connectivity index (χ0) is 18.4. The summed E-state index contributed by atoms with van der Waals surface area (Å²) in [5.74, 6) is 1.25. The van der Waals surface area contributed by atoms with Crippen molar-refractivity contribution in [3.05, 3.63) is 30.6 Å². The van der Waals surface area contributed by atoms with E-state index >= 15 is 0 Å². The van der Waals surface area contributed by atoms with Crippen molar-refractivity contribution < 1.29 is 9.53 Å². The molecule has 0 N–H and O–H groups in total. The highest BCUT2D eigenvalue weighted by Crippen LogP contribution is 2.36. The first kappa shape index (κ1) is 16.5. The minimum Gasteiger partial charge on any atom is -0.497 e. The molecule has 8 heteroatoms. The lowest BCUT2D eigenvalue weighted by atomic mass is 10.2. The minimum absolute atomic E-state index is 0.0938. The maximum atomic E-state index is 11.8. The molecular formula is C18H17N5O2S. The van der Waals surface area contributed by atoms with Crippen LogP contribution in [0.1, 0.15) is 6.92 Å². The highest BCUT2D eigenvalue weighted by atomic mass is 32.1. The van der Waals surface area contributed by atoms with Gasteiger partial charge in [-0.15, -0.1) is 0 Å². The van der Waals surface area contributed by atoms with Crippen molar-refractivity contribution in [1.82, 2.24) is 19.5 Å². The number of anilines is 1. The Morgan fingerprint density at radius 1 is 1.19 bits per heavy atom. The van der Waals surface area contributed by atoms with Crippen LogP contribution in [-0.2, 0) is 11.8 Å². The molecule has 4 aromatic rings. The standard InChI is InChI=1S/C18H17N5O2S/c1-10(24)23(3)16-13-15(22(2)9-19-13)14-18(21-16)26-17(20-14)11-5-7-12(25-4)8-6-11/h5-9H,1-4H3. The van der Waals surface area contributed by atoms with E-state index in [0.717, 1.165) is 32.2 Å². The number of aromatic nitrogens is 4. The largest absolute Gasteiger partial charge is 0.497 e. The highest BCUT2D eigenvalue weighted by molar-refractivity contribution is 7.21. The zero-order valence-corrected chi connectivity index (χ0v) is 15.7. The number of carbonyl (C=O) groups excluding carboxylic acids is 1. The number of benzene rings is 1. The number of fused-ring (bicyclic) bond motifs is 3. The number of hydrogen-bond donors (Lipinski definition) is 0. The molecule has 0 saturated carbocycles. The van der Waals surface area contributed by atoms with Gasteiger partial charge in [-0.1, -0.05) is 11.3 Å². The molecule has 26 heavy (non-hydrogen) atoms. The van der Waals surface area contributed by atoms with E-state index in [1.54, 1.807) is 20.5 Å². The fraction of sp³-hybridized carbons (Fsp3) is 0.222. The number of ether oxygens (including phenoxy) is 1. The van der Waals surface area contributed by atoms with E-state index in [4.69, 9.17) is 9.72 Å². The summed E-state index contributed by atoms with van der Waals surface area (Å²) in [6.07, 6.45) is 1.72. The van der Waals surface area contributed by atoms with Crippen LogP contribution in [0.3, 0.4) is 0 Å². The van der Waals surface area contributed by atoms with Crippen molar-refractivity contribution in [2.45, 2.75) is 6.92 Å². The molecule has 0 radical (unpaired) electrons. The van der Waals surface area contributed by atoms with Crippen molar-refractivity contribution in [3.63, 3.8) is 0 Å². The van der Waals surface area contributed by atoms with Crippen LogP contribution in [0.4, 0.5) is 5.82 Å². The Morgan fingerprint density at radius 3 is 2.58 bits per heavy atom. The van der Waals surface area contributed by atoms with Gasteiger partial charge in [0, 0.05) is 26.6 Å². The van der Waals surface area contributed by atoms with Gasteiger partial charge < -0.3 is 9.30 Å². The van der Waals surface area contributed by atoms with Crippen molar-refractivity contribution in [2.24, 2.45) is 7.05 Å². The van der Waals surface area contributed by atoms with Crippen LogP contribution in [-0.4, -0.2) is 39.6 Å². The van der Waals surface area contributed by atoms with Gasteiger partial charge in [0.05, 0.1) is 13.4 Å². The second-order valence-corrected chi connectivity index (χ2v) is 6.94. The lowest BCUT2D eigenvalue weighted by Gasteiger charge is -2.14. The molecule has 0 atom stereocenters. The van der Waals surface area contributed by atoms with Gasteiger partial charge in [-0.25, -0.2) is 15.0 Å². The number of methoxy groups -OCH3 is 1. The van der Waals surface area contributed by atoms with E-state index in [2.05, 4.69) is 9.97 Å². The van der Waals surface area contributed by atoms with E-state index in [1.807, 2.05) is 35.9 Å². The third-order valence-corrected chi connectivity index (χ3v) is 5.32. The van der Waals surface area contributed by atoms with Crippen LogP contribution in [0.25, 0.3) is 32.0 Å². The molecule has 0 spiro atoms.